The van der Waals surface area contributed by atoms with Gasteiger partial charge in [-0.15, -0.1) is 0 Å². The third kappa shape index (κ3) is 2.38. The van der Waals surface area contributed by atoms with Crippen LogP contribution in [-0.4, -0.2) is 11.9 Å². The summed E-state index contributed by atoms with van der Waals surface area (Å²) in [6.07, 6.45) is 2.21. The van der Waals surface area contributed by atoms with Gasteiger partial charge in [-0.25, -0.2) is 8.78 Å². The molecule has 2 nitrogen and oxygen atoms in total. The zero-order chi connectivity index (χ0) is 11.7. The van der Waals surface area contributed by atoms with E-state index >= 15 is 0 Å². The van der Waals surface area contributed by atoms with Crippen molar-refractivity contribution in [3.63, 3.8) is 0 Å². The second-order valence-corrected chi connectivity index (χ2v) is 4.22. The van der Waals surface area contributed by atoms with Crippen molar-refractivity contribution in [2.24, 2.45) is 5.92 Å². The lowest BCUT2D eigenvalue weighted by molar-refractivity contribution is 0.0931. The molecular formula is C12H13F2NO. The summed E-state index contributed by atoms with van der Waals surface area (Å²) in [6, 6.07) is 3.02. The van der Waals surface area contributed by atoms with Crippen molar-refractivity contribution in [3.8, 4) is 0 Å². The first kappa shape index (κ1) is 11.0. The molecule has 0 aromatic heterocycles. The number of amides is 1. The fourth-order valence-electron chi connectivity index (χ4n) is 1.67. The lowest BCUT2D eigenvalue weighted by Gasteiger charge is -2.12. The molecule has 4 heteroatoms. The average Bonchev–Trinajstić information content (AvgIpc) is 2.99. The standard InChI is InChI=1S/C12H13F2NO/c1-7(8-2-3-8)15-12(16)10-5-4-9(13)6-11(10)14/h4-8H,2-3H2,1H3,(H,15,16). The van der Waals surface area contributed by atoms with Crippen LogP contribution in [0.4, 0.5) is 8.78 Å². The second-order valence-electron chi connectivity index (χ2n) is 4.22. The van der Waals surface area contributed by atoms with Crippen LogP contribution in [0, 0.1) is 17.6 Å². The highest BCUT2D eigenvalue weighted by atomic mass is 19.1. The van der Waals surface area contributed by atoms with Crippen LogP contribution in [0.15, 0.2) is 18.2 Å². The number of hydrogen-bond acceptors (Lipinski definition) is 1. The van der Waals surface area contributed by atoms with Crippen molar-refractivity contribution in [2.45, 2.75) is 25.8 Å². The molecule has 0 aliphatic heterocycles. The van der Waals surface area contributed by atoms with Crippen molar-refractivity contribution >= 4 is 5.91 Å². The van der Waals surface area contributed by atoms with E-state index in [2.05, 4.69) is 5.32 Å². The monoisotopic (exact) mass is 225 g/mol. The molecule has 0 saturated heterocycles. The quantitative estimate of drug-likeness (QED) is 0.841. The van der Waals surface area contributed by atoms with E-state index in [4.69, 9.17) is 0 Å². The molecule has 0 bridgehead atoms. The first-order valence-corrected chi connectivity index (χ1v) is 5.34. The number of nitrogens with one attached hydrogen (secondary N) is 1. The molecule has 2 rings (SSSR count). The lowest BCUT2D eigenvalue weighted by atomic mass is 10.1. The van der Waals surface area contributed by atoms with Crippen LogP contribution in [0.2, 0.25) is 0 Å². The molecule has 1 aromatic carbocycles. The van der Waals surface area contributed by atoms with Crippen LogP contribution in [0.25, 0.3) is 0 Å². The molecule has 1 aromatic rings. The number of carbonyl (C=O) groups excluding carboxylic acids is 1. The Hall–Kier alpha value is -1.45. The van der Waals surface area contributed by atoms with Gasteiger partial charge in [-0.3, -0.25) is 4.79 Å². The number of hydrogen-bond donors (Lipinski definition) is 1. The zero-order valence-electron chi connectivity index (χ0n) is 8.97. The Kier molecular flexibility index (Phi) is 2.90. The van der Waals surface area contributed by atoms with E-state index in [1.807, 2.05) is 6.92 Å². The maximum atomic E-state index is 13.3. The summed E-state index contributed by atoms with van der Waals surface area (Å²) in [5.41, 5.74) is -0.103. The molecular weight excluding hydrogens is 212 g/mol. The van der Waals surface area contributed by atoms with Crippen LogP contribution >= 0.6 is 0 Å². The van der Waals surface area contributed by atoms with Gasteiger partial charge in [-0.05, 0) is 37.8 Å². The van der Waals surface area contributed by atoms with Crippen molar-refractivity contribution in [2.75, 3.05) is 0 Å². The highest BCUT2D eigenvalue weighted by Crippen LogP contribution is 2.32. The molecule has 16 heavy (non-hydrogen) atoms. The Morgan fingerprint density at radius 3 is 2.69 bits per heavy atom. The van der Waals surface area contributed by atoms with E-state index in [0.29, 0.717) is 5.92 Å². The molecule has 0 heterocycles. The number of halogens is 2. The summed E-state index contributed by atoms with van der Waals surface area (Å²) in [6.45, 7) is 1.90. The minimum atomic E-state index is -0.819. The minimum absolute atomic E-state index is 0.0527. The molecule has 1 aliphatic rings. The molecule has 86 valence electrons. The van der Waals surface area contributed by atoms with Gasteiger partial charge in [0.05, 0.1) is 5.56 Å². The highest BCUT2D eigenvalue weighted by Gasteiger charge is 2.29. The van der Waals surface area contributed by atoms with E-state index in [0.717, 1.165) is 25.0 Å². The molecule has 1 unspecified atom stereocenters. The number of benzene rings is 1. The van der Waals surface area contributed by atoms with Crippen molar-refractivity contribution in [3.05, 3.63) is 35.4 Å². The molecule has 1 amide bonds. The van der Waals surface area contributed by atoms with Gasteiger partial charge in [0.25, 0.3) is 5.91 Å². The van der Waals surface area contributed by atoms with Gasteiger partial charge in [0.1, 0.15) is 11.6 Å². The predicted octanol–water partition coefficient (Wildman–Crippen LogP) is 2.49. The SMILES string of the molecule is CC(NC(=O)c1ccc(F)cc1F)C1CC1. The third-order valence-corrected chi connectivity index (χ3v) is 2.86. The summed E-state index contributed by atoms with van der Waals surface area (Å²) in [5.74, 6) is -1.46. The zero-order valence-corrected chi connectivity index (χ0v) is 8.97. The van der Waals surface area contributed by atoms with Crippen LogP contribution in [0.1, 0.15) is 30.1 Å². The van der Waals surface area contributed by atoms with Crippen LogP contribution in [0.3, 0.4) is 0 Å². The van der Waals surface area contributed by atoms with Gasteiger partial charge in [0.2, 0.25) is 0 Å². The fraction of sp³-hybridized carbons (Fsp3) is 0.417. The van der Waals surface area contributed by atoms with E-state index in [-0.39, 0.29) is 11.6 Å². The Bertz CT molecular complexity index is 415. The molecule has 1 aliphatic carbocycles. The minimum Gasteiger partial charge on any atom is -0.349 e. The molecule has 1 fully saturated rings. The topological polar surface area (TPSA) is 29.1 Å². The Balaban J connectivity index is 2.07. The Labute approximate surface area is 92.7 Å². The Morgan fingerprint density at radius 1 is 1.44 bits per heavy atom. The summed E-state index contributed by atoms with van der Waals surface area (Å²) >= 11 is 0. The first-order chi connectivity index (χ1) is 7.58. The molecule has 1 N–H and O–H groups in total. The molecule has 1 atom stereocenters. The van der Waals surface area contributed by atoms with Gasteiger partial charge < -0.3 is 5.32 Å². The third-order valence-electron chi connectivity index (χ3n) is 2.86. The van der Waals surface area contributed by atoms with Crippen LogP contribution in [0.5, 0.6) is 0 Å². The largest absolute Gasteiger partial charge is 0.349 e. The van der Waals surface area contributed by atoms with Crippen molar-refractivity contribution in [1.82, 2.24) is 5.32 Å². The van der Waals surface area contributed by atoms with Gasteiger partial charge >= 0.3 is 0 Å². The van der Waals surface area contributed by atoms with E-state index in [9.17, 15) is 13.6 Å². The summed E-state index contributed by atoms with van der Waals surface area (Å²) < 4.78 is 25.9. The van der Waals surface area contributed by atoms with Crippen molar-refractivity contribution < 1.29 is 13.6 Å². The number of carbonyl (C=O) groups is 1. The first-order valence-electron chi connectivity index (χ1n) is 5.34. The van der Waals surface area contributed by atoms with Gasteiger partial charge in [0, 0.05) is 12.1 Å². The summed E-state index contributed by atoms with van der Waals surface area (Å²) in [5, 5.41) is 2.72. The van der Waals surface area contributed by atoms with E-state index in [1.54, 1.807) is 0 Å². The van der Waals surface area contributed by atoms with Crippen molar-refractivity contribution in [1.29, 1.82) is 0 Å². The van der Waals surface area contributed by atoms with Gasteiger partial charge in [0.15, 0.2) is 0 Å². The maximum Gasteiger partial charge on any atom is 0.254 e. The lowest BCUT2D eigenvalue weighted by Crippen LogP contribution is -2.34. The normalized spacial score (nSPS) is 16.9. The highest BCUT2D eigenvalue weighted by molar-refractivity contribution is 5.94. The molecule has 1 saturated carbocycles. The predicted molar refractivity (Wildman–Crippen MR) is 56.0 cm³/mol. The molecule has 0 radical (unpaired) electrons. The maximum absolute atomic E-state index is 13.3. The summed E-state index contributed by atoms with van der Waals surface area (Å²) in [4.78, 5) is 11.6. The average molecular weight is 225 g/mol. The van der Waals surface area contributed by atoms with Gasteiger partial charge in [-0.1, -0.05) is 0 Å². The van der Waals surface area contributed by atoms with E-state index < -0.39 is 17.5 Å². The second kappa shape index (κ2) is 4.20. The smallest absolute Gasteiger partial charge is 0.254 e. The summed E-state index contributed by atoms with van der Waals surface area (Å²) in [7, 11) is 0. The van der Waals surface area contributed by atoms with E-state index in [1.165, 1.54) is 6.07 Å². The molecule has 0 spiro atoms. The van der Waals surface area contributed by atoms with Gasteiger partial charge in [-0.2, -0.15) is 0 Å². The van der Waals surface area contributed by atoms with Crippen LogP contribution < -0.4 is 5.32 Å². The Morgan fingerprint density at radius 2 is 2.12 bits per heavy atom. The number of rotatable bonds is 3. The fourth-order valence-corrected chi connectivity index (χ4v) is 1.67. The van der Waals surface area contributed by atoms with Crippen LogP contribution in [-0.2, 0) is 0 Å².